The molecule has 0 aromatic carbocycles. The van der Waals surface area contributed by atoms with Gasteiger partial charge in [-0.25, -0.2) is 0 Å². The van der Waals surface area contributed by atoms with Gasteiger partial charge in [0.15, 0.2) is 0 Å². The Kier molecular flexibility index (Phi) is 7.96. The lowest BCUT2D eigenvalue weighted by Gasteiger charge is -2.13. The first-order valence-corrected chi connectivity index (χ1v) is 8.37. The molecule has 0 aliphatic carbocycles. The first-order valence-electron chi connectivity index (χ1n) is 8.37. The summed E-state index contributed by atoms with van der Waals surface area (Å²) < 4.78 is 1.81. The van der Waals surface area contributed by atoms with Gasteiger partial charge < -0.3 is 10.6 Å². The lowest BCUT2D eigenvalue weighted by Crippen LogP contribution is -2.45. The third-order valence-electron chi connectivity index (χ3n) is 3.89. The molecule has 132 valence electrons. The van der Waals surface area contributed by atoms with Crippen LogP contribution in [0.5, 0.6) is 0 Å². The summed E-state index contributed by atoms with van der Waals surface area (Å²) in [5.41, 5.74) is 2.91. The summed E-state index contributed by atoms with van der Waals surface area (Å²) in [5.74, 6) is -0.320. The minimum Gasteiger partial charge on any atom is -0.354 e. The van der Waals surface area contributed by atoms with Gasteiger partial charge in [0.25, 0.3) is 0 Å². The van der Waals surface area contributed by atoms with Gasteiger partial charge in [-0.2, -0.15) is 10.4 Å². The lowest BCUT2D eigenvalue weighted by molar-refractivity contribution is -0.128. The van der Waals surface area contributed by atoms with Crippen LogP contribution in [0.4, 0.5) is 0 Å². The Morgan fingerprint density at radius 2 is 2.08 bits per heavy atom. The SMILES string of the molecule is CCCNC(=O)C(C)NC(=O)CCc1c(C)nn(CCC#N)c1C. The lowest BCUT2D eigenvalue weighted by atomic mass is 10.1. The maximum Gasteiger partial charge on any atom is 0.242 e. The van der Waals surface area contributed by atoms with E-state index in [9.17, 15) is 9.59 Å². The Morgan fingerprint density at radius 1 is 1.38 bits per heavy atom. The quantitative estimate of drug-likeness (QED) is 0.713. The molecule has 2 amide bonds. The Balaban J connectivity index is 2.54. The van der Waals surface area contributed by atoms with Crippen LogP contribution in [0.15, 0.2) is 0 Å². The van der Waals surface area contributed by atoms with Gasteiger partial charge in [-0.1, -0.05) is 6.92 Å². The molecular weight excluding hydrogens is 306 g/mol. The van der Waals surface area contributed by atoms with E-state index in [1.165, 1.54) is 0 Å². The van der Waals surface area contributed by atoms with Crippen molar-refractivity contribution in [3.8, 4) is 6.07 Å². The highest BCUT2D eigenvalue weighted by atomic mass is 16.2. The van der Waals surface area contributed by atoms with Gasteiger partial charge in [0.2, 0.25) is 11.8 Å². The summed E-state index contributed by atoms with van der Waals surface area (Å²) in [5, 5.41) is 18.6. The average molecular weight is 333 g/mol. The van der Waals surface area contributed by atoms with Crippen molar-refractivity contribution in [2.24, 2.45) is 0 Å². The number of nitrogens with zero attached hydrogens (tertiary/aromatic N) is 3. The molecule has 0 bridgehead atoms. The fourth-order valence-corrected chi connectivity index (χ4v) is 2.49. The number of nitriles is 1. The van der Waals surface area contributed by atoms with E-state index in [0.29, 0.717) is 32.4 Å². The molecule has 24 heavy (non-hydrogen) atoms. The van der Waals surface area contributed by atoms with Crippen LogP contribution >= 0.6 is 0 Å². The minimum absolute atomic E-state index is 0.155. The summed E-state index contributed by atoms with van der Waals surface area (Å²) in [6, 6.07) is 1.57. The van der Waals surface area contributed by atoms with Crippen molar-refractivity contribution in [3.63, 3.8) is 0 Å². The molecule has 0 aliphatic heterocycles. The Labute approximate surface area is 143 Å². The molecule has 1 rings (SSSR count). The summed E-state index contributed by atoms with van der Waals surface area (Å²) in [7, 11) is 0. The van der Waals surface area contributed by atoms with E-state index in [0.717, 1.165) is 23.4 Å². The largest absolute Gasteiger partial charge is 0.354 e. The van der Waals surface area contributed by atoms with Crippen molar-refractivity contribution < 1.29 is 9.59 Å². The topological polar surface area (TPSA) is 99.8 Å². The molecule has 0 saturated carbocycles. The summed E-state index contributed by atoms with van der Waals surface area (Å²) in [6.07, 6.45) is 2.14. The molecule has 1 atom stereocenters. The van der Waals surface area contributed by atoms with E-state index >= 15 is 0 Å². The molecule has 0 radical (unpaired) electrons. The molecule has 0 fully saturated rings. The second-order valence-corrected chi connectivity index (χ2v) is 5.86. The molecule has 0 saturated heterocycles. The normalized spacial score (nSPS) is 11.6. The van der Waals surface area contributed by atoms with E-state index in [-0.39, 0.29) is 11.8 Å². The fourth-order valence-electron chi connectivity index (χ4n) is 2.49. The standard InChI is InChI=1S/C17H27N5O2/c1-5-10-19-17(24)13(3)20-16(23)8-7-15-12(2)21-22(14(15)4)11-6-9-18/h13H,5-8,10-11H2,1-4H3,(H,19,24)(H,20,23). The number of aromatic nitrogens is 2. The van der Waals surface area contributed by atoms with Gasteiger partial charge in [0.1, 0.15) is 6.04 Å². The van der Waals surface area contributed by atoms with Crippen molar-refractivity contribution in [1.29, 1.82) is 5.26 Å². The minimum atomic E-state index is -0.537. The third-order valence-corrected chi connectivity index (χ3v) is 3.89. The average Bonchev–Trinajstić information content (AvgIpc) is 2.82. The maximum absolute atomic E-state index is 12.0. The molecule has 7 nitrogen and oxygen atoms in total. The van der Waals surface area contributed by atoms with Crippen LogP contribution in [0.3, 0.4) is 0 Å². The predicted molar refractivity (Wildman–Crippen MR) is 91.2 cm³/mol. The number of aryl methyl sites for hydroxylation is 2. The summed E-state index contributed by atoms with van der Waals surface area (Å²) >= 11 is 0. The number of carbonyl (C=O) groups is 2. The van der Waals surface area contributed by atoms with E-state index in [1.54, 1.807) is 6.92 Å². The molecule has 0 aliphatic rings. The van der Waals surface area contributed by atoms with Crippen molar-refractivity contribution >= 4 is 11.8 Å². The molecule has 1 unspecified atom stereocenters. The van der Waals surface area contributed by atoms with Gasteiger partial charge in [0, 0.05) is 18.7 Å². The summed E-state index contributed by atoms with van der Waals surface area (Å²) in [4.78, 5) is 23.8. The highest BCUT2D eigenvalue weighted by Crippen LogP contribution is 2.15. The monoisotopic (exact) mass is 333 g/mol. The second-order valence-electron chi connectivity index (χ2n) is 5.86. The van der Waals surface area contributed by atoms with Crippen LogP contribution in [0, 0.1) is 25.2 Å². The smallest absolute Gasteiger partial charge is 0.242 e. The van der Waals surface area contributed by atoms with Crippen LogP contribution in [0.1, 0.15) is 50.1 Å². The third kappa shape index (κ3) is 5.69. The Hall–Kier alpha value is -2.36. The molecule has 0 spiro atoms. The molecule has 7 heteroatoms. The van der Waals surface area contributed by atoms with Crippen LogP contribution in [-0.4, -0.2) is 34.2 Å². The van der Waals surface area contributed by atoms with Gasteiger partial charge in [-0.05, 0) is 39.2 Å². The first-order chi connectivity index (χ1) is 11.4. The molecular formula is C17H27N5O2. The van der Waals surface area contributed by atoms with Gasteiger partial charge in [-0.3, -0.25) is 14.3 Å². The number of amides is 2. The Morgan fingerprint density at radius 3 is 2.71 bits per heavy atom. The van der Waals surface area contributed by atoms with E-state index < -0.39 is 6.04 Å². The van der Waals surface area contributed by atoms with Gasteiger partial charge in [-0.15, -0.1) is 0 Å². The zero-order valence-corrected chi connectivity index (χ0v) is 15.0. The molecule has 1 aromatic rings. The van der Waals surface area contributed by atoms with E-state index in [2.05, 4.69) is 21.8 Å². The van der Waals surface area contributed by atoms with Gasteiger partial charge >= 0.3 is 0 Å². The van der Waals surface area contributed by atoms with Crippen molar-refractivity contribution in [2.75, 3.05) is 6.54 Å². The zero-order chi connectivity index (χ0) is 18.1. The van der Waals surface area contributed by atoms with Gasteiger partial charge in [0.05, 0.1) is 24.7 Å². The number of carbonyl (C=O) groups excluding carboxylic acids is 2. The first kappa shape index (κ1) is 19.7. The zero-order valence-electron chi connectivity index (χ0n) is 15.0. The number of hydrogen-bond donors (Lipinski definition) is 2. The van der Waals surface area contributed by atoms with Crippen LogP contribution < -0.4 is 10.6 Å². The summed E-state index contributed by atoms with van der Waals surface area (Å²) in [6.45, 7) is 8.68. The van der Waals surface area contributed by atoms with Crippen molar-refractivity contribution in [1.82, 2.24) is 20.4 Å². The maximum atomic E-state index is 12.0. The molecule has 1 heterocycles. The predicted octanol–water partition coefficient (Wildman–Crippen LogP) is 1.38. The Bertz CT molecular complexity index is 615. The number of hydrogen-bond acceptors (Lipinski definition) is 4. The number of nitrogens with one attached hydrogen (secondary N) is 2. The fraction of sp³-hybridized carbons (Fsp3) is 0.647. The number of rotatable bonds is 9. The van der Waals surface area contributed by atoms with Crippen LogP contribution in [-0.2, 0) is 22.6 Å². The highest BCUT2D eigenvalue weighted by Gasteiger charge is 2.17. The second kappa shape index (κ2) is 9.71. The van der Waals surface area contributed by atoms with Crippen LogP contribution in [0.25, 0.3) is 0 Å². The van der Waals surface area contributed by atoms with E-state index in [4.69, 9.17) is 5.26 Å². The van der Waals surface area contributed by atoms with E-state index in [1.807, 2.05) is 25.5 Å². The highest BCUT2D eigenvalue weighted by molar-refractivity contribution is 5.87. The van der Waals surface area contributed by atoms with Crippen molar-refractivity contribution in [3.05, 3.63) is 17.0 Å². The van der Waals surface area contributed by atoms with Crippen molar-refractivity contribution in [2.45, 2.75) is 66.0 Å². The van der Waals surface area contributed by atoms with Crippen LogP contribution in [0.2, 0.25) is 0 Å². The molecule has 2 N–H and O–H groups in total. The molecule has 1 aromatic heterocycles.